The molecule has 0 unspecified atom stereocenters. The van der Waals surface area contributed by atoms with E-state index in [-0.39, 0.29) is 5.56 Å². The zero-order chi connectivity index (χ0) is 14.7. The highest BCUT2D eigenvalue weighted by atomic mass is 16.5. The molecule has 4 nitrogen and oxygen atoms in total. The molecule has 2 aromatic carbocycles. The predicted octanol–water partition coefficient (Wildman–Crippen LogP) is 3.67. The summed E-state index contributed by atoms with van der Waals surface area (Å²) in [6.07, 6.45) is 0. The normalized spacial score (nSPS) is 9.85. The number of carboxylic acids is 1. The van der Waals surface area contributed by atoms with E-state index in [1.54, 1.807) is 31.2 Å². The Balaban J connectivity index is 2.35. The third-order valence-electron chi connectivity index (χ3n) is 2.96. The van der Waals surface area contributed by atoms with E-state index >= 15 is 0 Å². The molecule has 20 heavy (non-hydrogen) atoms. The highest BCUT2D eigenvalue weighted by molar-refractivity contribution is 5.88. The van der Waals surface area contributed by atoms with Gasteiger partial charge in [0.2, 0.25) is 0 Å². The SMILES string of the molecule is Cc1cc(C(=O)O)ccc1Oc1cc(C#N)ccc1C. The van der Waals surface area contributed by atoms with Crippen LogP contribution in [0.4, 0.5) is 0 Å². The van der Waals surface area contributed by atoms with Crippen LogP contribution >= 0.6 is 0 Å². The smallest absolute Gasteiger partial charge is 0.335 e. The van der Waals surface area contributed by atoms with Crippen LogP contribution in [-0.4, -0.2) is 11.1 Å². The van der Waals surface area contributed by atoms with Gasteiger partial charge >= 0.3 is 5.97 Å². The summed E-state index contributed by atoms with van der Waals surface area (Å²) in [5.74, 6) is 0.200. The van der Waals surface area contributed by atoms with Gasteiger partial charge in [-0.3, -0.25) is 0 Å². The number of carboxylic acid groups (broad SMARTS) is 1. The summed E-state index contributed by atoms with van der Waals surface area (Å²) in [7, 11) is 0. The van der Waals surface area contributed by atoms with Gasteiger partial charge in [-0.1, -0.05) is 6.07 Å². The van der Waals surface area contributed by atoms with Crippen LogP contribution in [0.5, 0.6) is 11.5 Å². The molecular weight excluding hydrogens is 254 g/mol. The van der Waals surface area contributed by atoms with E-state index in [0.29, 0.717) is 17.1 Å². The lowest BCUT2D eigenvalue weighted by atomic mass is 10.1. The predicted molar refractivity (Wildman–Crippen MR) is 74.1 cm³/mol. The summed E-state index contributed by atoms with van der Waals surface area (Å²) in [4.78, 5) is 10.9. The number of rotatable bonds is 3. The van der Waals surface area contributed by atoms with Crippen molar-refractivity contribution >= 4 is 5.97 Å². The fraction of sp³-hybridized carbons (Fsp3) is 0.125. The van der Waals surface area contributed by atoms with Crippen molar-refractivity contribution in [2.24, 2.45) is 0 Å². The van der Waals surface area contributed by atoms with E-state index < -0.39 is 5.97 Å². The van der Waals surface area contributed by atoms with Gasteiger partial charge < -0.3 is 9.84 Å². The zero-order valence-electron chi connectivity index (χ0n) is 11.2. The summed E-state index contributed by atoms with van der Waals surface area (Å²) < 4.78 is 5.77. The fourth-order valence-electron chi connectivity index (χ4n) is 1.80. The van der Waals surface area contributed by atoms with Crippen molar-refractivity contribution in [1.29, 1.82) is 5.26 Å². The average molecular weight is 267 g/mol. The number of aryl methyl sites for hydroxylation is 2. The van der Waals surface area contributed by atoms with E-state index in [0.717, 1.165) is 11.1 Å². The highest BCUT2D eigenvalue weighted by Crippen LogP contribution is 2.29. The van der Waals surface area contributed by atoms with Crippen LogP contribution in [0.3, 0.4) is 0 Å². The molecule has 4 heteroatoms. The maximum atomic E-state index is 10.9. The molecule has 100 valence electrons. The van der Waals surface area contributed by atoms with Crippen molar-refractivity contribution in [3.8, 4) is 17.6 Å². The molecule has 2 rings (SSSR count). The first-order valence-corrected chi connectivity index (χ1v) is 6.04. The Morgan fingerprint density at radius 2 is 1.85 bits per heavy atom. The van der Waals surface area contributed by atoms with Crippen molar-refractivity contribution in [2.75, 3.05) is 0 Å². The summed E-state index contributed by atoms with van der Waals surface area (Å²) in [5.41, 5.74) is 2.38. The molecule has 0 fully saturated rings. The summed E-state index contributed by atoms with van der Waals surface area (Å²) in [5, 5.41) is 17.8. The lowest BCUT2D eigenvalue weighted by Gasteiger charge is -2.11. The highest BCUT2D eigenvalue weighted by Gasteiger charge is 2.09. The van der Waals surface area contributed by atoms with Crippen LogP contribution in [0.2, 0.25) is 0 Å². The molecular formula is C16H13NO3. The third-order valence-corrected chi connectivity index (χ3v) is 2.96. The Morgan fingerprint density at radius 3 is 2.45 bits per heavy atom. The van der Waals surface area contributed by atoms with Gasteiger partial charge in [-0.2, -0.15) is 5.26 Å². The van der Waals surface area contributed by atoms with Gasteiger partial charge in [-0.15, -0.1) is 0 Å². The fourth-order valence-corrected chi connectivity index (χ4v) is 1.80. The molecule has 0 heterocycles. The molecule has 1 N–H and O–H groups in total. The molecule has 0 atom stereocenters. The quantitative estimate of drug-likeness (QED) is 0.921. The van der Waals surface area contributed by atoms with E-state index in [4.69, 9.17) is 15.1 Å². The third kappa shape index (κ3) is 2.78. The lowest BCUT2D eigenvalue weighted by Crippen LogP contribution is -1.98. The lowest BCUT2D eigenvalue weighted by molar-refractivity contribution is 0.0697. The molecule has 0 spiro atoms. The van der Waals surface area contributed by atoms with Crippen molar-refractivity contribution in [3.63, 3.8) is 0 Å². The summed E-state index contributed by atoms with van der Waals surface area (Å²) >= 11 is 0. The molecule has 0 radical (unpaired) electrons. The first kappa shape index (κ1) is 13.6. The van der Waals surface area contributed by atoms with Crippen LogP contribution in [0.25, 0.3) is 0 Å². The Kier molecular flexibility index (Phi) is 3.72. The van der Waals surface area contributed by atoms with Crippen LogP contribution in [0.15, 0.2) is 36.4 Å². The summed E-state index contributed by atoms with van der Waals surface area (Å²) in [6, 6.07) is 11.9. The molecule has 0 bridgehead atoms. The number of nitriles is 1. The molecule has 0 aliphatic rings. The molecule has 2 aromatic rings. The molecule has 0 aliphatic heterocycles. The minimum Gasteiger partial charge on any atom is -0.478 e. The first-order chi connectivity index (χ1) is 9.51. The maximum Gasteiger partial charge on any atom is 0.335 e. The largest absolute Gasteiger partial charge is 0.478 e. The van der Waals surface area contributed by atoms with E-state index in [2.05, 4.69) is 6.07 Å². The van der Waals surface area contributed by atoms with E-state index in [1.807, 2.05) is 13.0 Å². The van der Waals surface area contributed by atoms with Gasteiger partial charge in [0.05, 0.1) is 17.2 Å². The van der Waals surface area contributed by atoms with Gasteiger partial charge in [-0.05, 0) is 55.3 Å². The first-order valence-electron chi connectivity index (χ1n) is 6.04. The Hall–Kier alpha value is -2.80. The number of hydrogen-bond acceptors (Lipinski definition) is 3. The summed E-state index contributed by atoms with van der Waals surface area (Å²) in [6.45, 7) is 3.67. The molecule has 0 saturated heterocycles. The second-order valence-corrected chi connectivity index (χ2v) is 4.48. The molecule has 0 amide bonds. The molecule has 0 aromatic heterocycles. The monoisotopic (exact) mass is 267 g/mol. The number of hydrogen-bond donors (Lipinski definition) is 1. The minimum absolute atomic E-state index is 0.220. The number of ether oxygens (including phenoxy) is 1. The topological polar surface area (TPSA) is 70.3 Å². The molecule has 0 saturated carbocycles. The number of aromatic carboxylic acids is 1. The van der Waals surface area contributed by atoms with Crippen LogP contribution in [-0.2, 0) is 0 Å². The second-order valence-electron chi connectivity index (χ2n) is 4.48. The van der Waals surface area contributed by atoms with Gasteiger partial charge in [-0.25, -0.2) is 4.79 Å². The van der Waals surface area contributed by atoms with Crippen molar-refractivity contribution in [2.45, 2.75) is 13.8 Å². The van der Waals surface area contributed by atoms with Gasteiger partial charge in [0.25, 0.3) is 0 Å². The van der Waals surface area contributed by atoms with Crippen molar-refractivity contribution in [3.05, 3.63) is 58.7 Å². The Morgan fingerprint density at radius 1 is 1.10 bits per heavy atom. The Bertz CT molecular complexity index is 714. The van der Waals surface area contributed by atoms with Crippen LogP contribution in [0, 0.1) is 25.2 Å². The number of benzene rings is 2. The van der Waals surface area contributed by atoms with Crippen LogP contribution < -0.4 is 4.74 Å². The van der Waals surface area contributed by atoms with Crippen molar-refractivity contribution < 1.29 is 14.6 Å². The zero-order valence-corrected chi connectivity index (χ0v) is 11.2. The minimum atomic E-state index is -0.970. The van der Waals surface area contributed by atoms with E-state index in [1.165, 1.54) is 6.07 Å². The number of nitrogens with zero attached hydrogens (tertiary/aromatic N) is 1. The number of carbonyl (C=O) groups is 1. The standard InChI is InChI=1S/C16H13NO3/c1-10-3-4-12(9-17)8-15(10)20-14-6-5-13(16(18)19)7-11(14)2/h3-8H,1-2H3,(H,18,19). The van der Waals surface area contributed by atoms with Crippen molar-refractivity contribution in [1.82, 2.24) is 0 Å². The van der Waals surface area contributed by atoms with Gasteiger partial charge in [0.1, 0.15) is 11.5 Å². The maximum absolute atomic E-state index is 10.9. The van der Waals surface area contributed by atoms with Gasteiger partial charge in [0, 0.05) is 0 Å². The second kappa shape index (κ2) is 5.45. The molecule has 0 aliphatic carbocycles. The van der Waals surface area contributed by atoms with Gasteiger partial charge in [0.15, 0.2) is 0 Å². The Labute approximate surface area is 116 Å². The van der Waals surface area contributed by atoms with E-state index in [9.17, 15) is 4.79 Å². The average Bonchev–Trinajstić information content (AvgIpc) is 2.43. The van der Waals surface area contributed by atoms with Crippen LogP contribution in [0.1, 0.15) is 27.0 Å².